The van der Waals surface area contributed by atoms with Crippen molar-refractivity contribution in [3.05, 3.63) is 58.6 Å². The Kier molecular flexibility index (Phi) is 8.09. The third-order valence-corrected chi connectivity index (χ3v) is 4.18. The molecular weight excluding hydrogens is 394 g/mol. The monoisotopic (exact) mass is 417 g/mol. The van der Waals surface area contributed by atoms with Crippen molar-refractivity contribution < 1.29 is 23.8 Å². The maximum atomic E-state index is 12.2. The SMILES string of the molecule is CCOc1c(Cl)cc(/C=C/C(=O)O[C@@H](C)C(=O)Nc2cccc(C)c2)cc1OC. The molecule has 0 aliphatic rings. The Bertz CT molecular complexity index is 910. The van der Waals surface area contributed by atoms with Gasteiger partial charge in [-0.2, -0.15) is 0 Å². The lowest BCUT2D eigenvalue weighted by atomic mass is 10.2. The van der Waals surface area contributed by atoms with Crippen LogP contribution in [-0.2, 0) is 14.3 Å². The Labute approximate surface area is 175 Å². The summed E-state index contributed by atoms with van der Waals surface area (Å²) in [6, 6.07) is 10.7. The molecule has 0 saturated carbocycles. The summed E-state index contributed by atoms with van der Waals surface area (Å²) in [5.41, 5.74) is 2.29. The van der Waals surface area contributed by atoms with Gasteiger partial charge in [0.25, 0.3) is 5.91 Å². The number of amides is 1. The van der Waals surface area contributed by atoms with Crippen molar-refractivity contribution in [2.75, 3.05) is 19.0 Å². The number of rotatable bonds is 8. The first-order valence-corrected chi connectivity index (χ1v) is 9.48. The third-order valence-electron chi connectivity index (χ3n) is 3.90. The van der Waals surface area contributed by atoms with Crippen molar-refractivity contribution in [3.63, 3.8) is 0 Å². The predicted molar refractivity (Wildman–Crippen MR) is 114 cm³/mol. The molecule has 7 heteroatoms. The lowest BCUT2D eigenvalue weighted by Gasteiger charge is -2.13. The first-order valence-electron chi connectivity index (χ1n) is 9.10. The molecule has 0 saturated heterocycles. The van der Waals surface area contributed by atoms with Gasteiger partial charge in [-0.15, -0.1) is 0 Å². The number of benzene rings is 2. The van der Waals surface area contributed by atoms with Gasteiger partial charge >= 0.3 is 5.97 Å². The number of ether oxygens (including phenoxy) is 3. The number of nitrogens with one attached hydrogen (secondary N) is 1. The molecular formula is C22H24ClNO5. The second-order valence-corrected chi connectivity index (χ2v) is 6.65. The number of hydrogen-bond donors (Lipinski definition) is 1. The van der Waals surface area contributed by atoms with Crippen molar-refractivity contribution in [2.45, 2.75) is 26.9 Å². The van der Waals surface area contributed by atoms with E-state index in [0.29, 0.717) is 34.4 Å². The van der Waals surface area contributed by atoms with Crippen LogP contribution in [-0.4, -0.2) is 31.7 Å². The summed E-state index contributed by atoms with van der Waals surface area (Å²) < 4.78 is 15.9. The minimum Gasteiger partial charge on any atom is -0.493 e. The first kappa shape index (κ1) is 22.3. The van der Waals surface area contributed by atoms with Gasteiger partial charge in [-0.05, 0) is 62.2 Å². The van der Waals surface area contributed by atoms with Gasteiger partial charge in [0.05, 0.1) is 18.7 Å². The van der Waals surface area contributed by atoms with Crippen molar-refractivity contribution in [1.29, 1.82) is 0 Å². The van der Waals surface area contributed by atoms with E-state index in [1.54, 1.807) is 18.2 Å². The topological polar surface area (TPSA) is 73.9 Å². The number of halogens is 1. The zero-order valence-electron chi connectivity index (χ0n) is 16.8. The molecule has 0 aliphatic heterocycles. The van der Waals surface area contributed by atoms with Gasteiger partial charge in [-0.1, -0.05) is 23.7 Å². The second-order valence-electron chi connectivity index (χ2n) is 6.24. The highest BCUT2D eigenvalue weighted by Gasteiger charge is 2.17. The molecule has 154 valence electrons. The van der Waals surface area contributed by atoms with Crippen LogP contribution < -0.4 is 14.8 Å². The number of carbonyl (C=O) groups is 2. The van der Waals surface area contributed by atoms with Gasteiger partial charge in [-0.3, -0.25) is 4.79 Å². The largest absolute Gasteiger partial charge is 0.493 e. The molecule has 1 atom stereocenters. The van der Waals surface area contributed by atoms with Crippen molar-refractivity contribution >= 4 is 35.2 Å². The summed E-state index contributed by atoms with van der Waals surface area (Å²) in [6.45, 7) is 5.72. The maximum Gasteiger partial charge on any atom is 0.331 e. The van der Waals surface area contributed by atoms with Crippen LogP contribution in [0.1, 0.15) is 25.0 Å². The van der Waals surface area contributed by atoms with Crippen LogP contribution in [0.3, 0.4) is 0 Å². The fraction of sp³-hybridized carbons (Fsp3) is 0.273. The molecule has 0 bridgehead atoms. The summed E-state index contributed by atoms with van der Waals surface area (Å²) >= 11 is 6.21. The van der Waals surface area contributed by atoms with Crippen molar-refractivity contribution in [3.8, 4) is 11.5 Å². The van der Waals surface area contributed by atoms with E-state index in [-0.39, 0.29) is 0 Å². The van der Waals surface area contributed by atoms with Crippen LogP contribution in [0.25, 0.3) is 6.08 Å². The molecule has 2 aromatic rings. The molecule has 0 fully saturated rings. The van der Waals surface area contributed by atoms with Crippen molar-refractivity contribution in [1.82, 2.24) is 0 Å². The standard InChI is InChI=1S/C22H24ClNO5/c1-5-28-21-18(23)12-16(13-19(21)27-4)9-10-20(25)29-15(3)22(26)24-17-8-6-7-14(2)11-17/h6-13,15H,5H2,1-4H3,(H,24,26)/b10-9+/t15-/m0/s1. The summed E-state index contributed by atoms with van der Waals surface area (Å²) in [4.78, 5) is 24.3. The van der Waals surface area contributed by atoms with Gasteiger partial charge in [0.1, 0.15) is 0 Å². The molecule has 2 rings (SSSR count). The number of anilines is 1. The zero-order valence-corrected chi connectivity index (χ0v) is 17.6. The molecule has 2 aromatic carbocycles. The summed E-state index contributed by atoms with van der Waals surface area (Å²) in [5.74, 6) is -0.167. The van der Waals surface area contributed by atoms with Gasteiger partial charge in [-0.25, -0.2) is 4.79 Å². The van der Waals surface area contributed by atoms with Crippen molar-refractivity contribution in [2.24, 2.45) is 0 Å². The normalized spacial score (nSPS) is 11.8. The van der Waals surface area contributed by atoms with E-state index < -0.39 is 18.0 Å². The zero-order chi connectivity index (χ0) is 21.4. The van der Waals surface area contributed by atoms with Crippen LogP contribution in [0.2, 0.25) is 5.02 Å². The average molecular weight is 418 g/mol. The third kappa shape index (κ3) is 6.54. The molecule has 0 aromatic heterocycles. The van der Waals surface area contributed by atoms with Crippen LogP contribution in [0.4, 0.5) is 5.69 Å². The summed E-state index contributed by atoms with van der Waals surface area (Å²) in [7, 11) is 1.50. The van der Waals surface area contributed by atoms with E-state index in [0.717, 1.165) is 5.56 Å². The number of methoxy groups -OCH3 is 1. The highest BCUT2D eigenvalue weighted by molar-refractivity contribution is 6.32. The van der Waals surface area contributed by atoms with E-state index in [1.165, 1.54) is 26.2 Å². The second kappa shape index (κ2) is 10.5. The van der Waals surface area contributed by atoms with E-state index >= 15 is 0 Å². The lowest BCUT2D eigenvalue weighted by molar-refractivity contribution is -0.148. The number of esters is 1. The van der Waals surface area contributed by atoms with Gasteiger partial charge in [0.2, 0.25) is 0 Å². The Morgan fingerprint density at radius 2 is 2.00 bits per heavy atom. The Hall–Kier alpha value is -2.99. The Morgan fingerprint density at radius 1 is 1.24 bits per heavy atom. The summed E-state index contributed by atoms with van der Waals surface area (Å²) in [6.07, 6.45) is 1.80. The van der Waals surface area contributed by atoms with E-state index in [4.69, 9.17) is 25.8 Å². The number of hydrogen-bond acceptors (Lipinski definition) is 5. The smallest absolute Gasteiger partial charge is 0.331 e. The molecule has 1 N–H and O–H groups in total. The molecule has 0 radical (unpaired) electrons. The molecule has 0 spiro atoms. The van der Waals surface area contributed by atoms with Crippen LogP contribution in [0.15, 0.2) is 42.5 Å². The van der Waals surface area contributed by atoms with E-state index in [9.17, 15) is 9.59 Å². The van der Waals surface area contributed by atoms with E-state index in [2.05, 4.69) is 5.32 Å². The highest BCUT2D eigenvalue weighted by Crippen LogP contribution is 2.36. The minimum absolute atomic E-state index is 0.366. The van der Waals surface area contributed by atoms with Crippen LogP contribution in [0.5, 0.6) is 11.5 Å². The Morgan fingerprint density at radius 3 is 2.66 bits per heavy atom. The molecule has 6 nitrogen and oxygen atoms in total. The molecule has 1 amide bonds. The fourth-order valence-corrected chi connectivity index (χ4v) is 2.79. The predicted octanol–water partition coefficient (Wildman–Crippen LogP) is 4.64. The van der Waals surface area contributed by atoms with Gasteiger partial charge in [0, 0.05) is 11.8 Å². The van der Waals surface area contributed by atoms with Gasteiger partial charge in [0.15, 0.2) is 17.6 Å². The fourth-order valence-electron chi connectivity index (χ4n) is 2.52. The lowest BCUT2D eigenvalue weighted by Crippen LogP contribution is -2.29. The number of aryl methyl sites for hydroxylation is 1. The molecule has 0 heterocycles. The minimum atomic E-state index is -0.953. The quantitative estimate of drug-likeness (QED) is 0.500. The van der Waals surface area contributed by atoms with E-state index in [1.807, 2.05) is 32.0 Å². The van der Waals surface area contributed by atoms with Gasteiger partial charge < -0.3 is 19.5 Å². The average Bonchev–Trinajstić information content (AvgIpc) is 2.68. The molecule has 0 aliphatic carbocycles. The maximum absolute atomic E-state index is 12.2. The molecule has 0 unspecified atom stereocenters. The van der Waals surface area contributed by atoms with Crippen LogP contribution in [0, 0.1) is 6.92 Å². The van der Waals surface area contributed by atoms with Crippen LogP contribution >= 0.6 is 11.6 Å². The summed E-state index contributed by atoms with van der Waals surface area (Å²) in [5, 5.41) is 3.08. The molecule has 29 heavy (non-hydrogen) atoms. The number of carbonyl (C=O) groups excluding carboxylic acids is 2. The Balaban J connectivity index is 1.99. The highest BCUT2D eigenvalue weighted by atomic mass is 35.5. The first-order chi connectivity index (χ1) is 13.8.